The van der Waals surface area contributed by atoms with Gasteiger partial charge >= 0.3 is 0 Å². The molecule has 1 heterocycles. The predicted octanol–water partition coefficient (Wildman–Crippen LogP) is 3.27. The van der Waals surface area contributed by atoms with Crippen LogP contribution in [0, 0.1) is 5.82 Å². The molecular weight excluding hydrogens is 297 g/mol. The van der Waals surface area contributed by atoms with Crippen LogP contribution in [0.5, 0.6) is 5.75 Å². The van der Waals surface area contributed by atoms with Crippen LogP contribution in [-0.4, -0.2) is 22.6 Å². The van der Waals surface area contributed by atoms with E-state index in [0.717, 1.165) is 11.8 Å². The second-order valence-corrected chi connectivity index (χ2v) is 4.82. The van der Waals surface area contributed by atoms with E-state index in [2.05, 4.69) is 10.3 Å². The lowest BCUT2D eigenvalue weighted by atomic mass is 10.2. The van der Waals surface area contributed by atoms with Crippen LogP contribution in [0.3, 0.4) is 0 Å². The van der Waals surface area contributed by atoms with Gasteiger partial charge in [0, 0.05) is 29.3 Å². The number of aromatic nitrogens is 2. The summed E-state index contributed by atoms with van der Waals surface area (Å²) in [6, 6.07) is 11.3. The van der Waals surface area contributed by atoms with Crippen molar-refractivity contribution in [3.63, 3.8) is 0 Å². The van der Waals surface area contributed by atoms with Crippen LogP contribution in [0.25, 0.3) is 5.69 Å². The Labute approximate surface area is 132 Å². The summed E-state index contributed by atoms with van der Waals surface area (Å²) in [4.78, 5) is 16.1. The van der Waals surface area contributed by atoms with Crippen LogP contribution in [0.1, 0.15) is 10.4 Å². The SMILES string of the molecule is COc1ccc(C(=O)Nc2ccc(-n3ccnc3)cc2)cc1F. The van der Waals surface area contributed by atoms with E-state index < -0.39 is 5.82 Å². The highest BCUT2D eigenvalue weighted by atomic mass is 19.1. The Morgan fingerprint density at radius 2 is 2.00 bits per heavy atom. The van der Waals surface area contributed by atoms with E-state index in [4.69, 9.17) is 4.74 Å². The molecule has 1 aromatic heterocycles. The smallest absolute Gasteiger partial charge is 0.255 e. The highest BCUT2D eigenvalue weighted by Gasteiger charge is 2.10. The molecule has 3 rings (SSSR count). The fourth-order valence-corrected chi connectivity index (χ4v) is 2.14. The van der Waals surface area contributed by atoms with Crippen LogP contribution in [-0.2, 0) is 0 Å². The number of ether oxygens (including phenoxy) is 1. The van der Waals surface area contributed by atoms with Crippen LogP contribution in [0.4, 0.5) is 10.1 Å². The number of nitrogens with zero attached hydrogens (tertiary/aromatic N) is 2. The number of hydrogen-bond donors (Lipinski definition) is 1. The molecule has 1 N–H and O–H groups in total. The summed E-state index contributed by atoms with van der Waals surface area (Å²) in [5.74, 6) is -0.858. The Balaban J connectivity index is 1.74. The minimum atomic E-state index is -0.574. The lowest BCUT2D eigenvalue weighted by Crippen LogP contribution is -2.12. The Bertz CT molecular complexity index is 814. The van der Waals surface area contributed by atoms with Gasteiger partial charge in [-0.2, -0.15) is 0 Å². The first-order valence-electron chi connectivity index (χ1n) is 6.90. The van der Waals surface area contributed by atoms with E-state index in [1.54, 1.807) is 24.7 Å². The third-order valence-corrected chi connectivity index (χ3v) is 3.34. The van der Waals surface area contributed by atoms with Crippen LogP contribution >= 0.6 is 0 Å². The molecule has 5 nitrogen and oxygen atoms in total. The molecule has 0 atom stereocenters. The Morgan fingerprint density at radius 3 is 2.61 bits per heavy atom. The number of nitrogens with one attached hydrogen (secondary N) is 1. The van der Waals surface area contributed by atoms with Crippen molar-refractivity contribution in [1.29, 1.82) is 0 Å². The van der Waals surface area contributed by atoms with E-state index in [9.17, 15) is 9.18 Å². The van der Waals surface area contributed by atoms with Crippen molar-refractivity contribution >= 4 is 11.6 Å². The van der Waals surface area contributed by atoms with Crippen molar-refractivity contribution in [3.8, 4) is 11.4 Å². The van der Waals surface area contributed by atoms with Gasteiger partial charge in [-0.25, -0.2) is 9.37 Å². The second kappa shape index (κ2) is 6.31. The maximum atomic E-state index is 13.6. The predicted molar refractivity (Wildman–Crippen MR) is 84.5 cm³/mol. The molecule has 0 bridgehead atoms. The van der Waals surface area contributed by atoms with Gasteiger partial charge in [0.05, 0.1) is 13.4 Å². The molecule has 6 heteroatoms. The van der Waals surface area contributed by atoms with Crippen LogP contribution < -0.4 is 10.1 Å². The van der Waals surface area contributed by atoms with Crippen molar-refractivity contribution < 1.29 is 13.9 Å². The van der Waals surface area contributed by atoms with Gasteiger partial charge in [0.25, 0.3) is 5.91 Å². The van der Waals surface area contributed by atoms with Gasteiger partial charge in [0.1, 0.15) is 0 Å². The molecule has 0 aliphatic carbocycles. The highest BCUT2D eigenvalue weighted by molar-refractivity contribution is 6.04. The van der Waals surface area contributed by atoms with Crippen molar-refractivity contribution in [2.24, 2.45) is 0 Å². The van der Waals surface area contributed by atoms with E-state index >= 15 is 0 Å². The Hall–Kier alpha value is -3.15. The zero-order valence-electron chi connectivity index (χ0n) is 12.4. The summed E-state index contributed by atoms with van der Waals surface area (Å²) in [5.41, 5.74) is 1.77. The van der Waals surface area contributed by atoms with Gasteiger partial charge < -0.3 is 14.6 Å². The first-order valence-corrected chi connectivity index (χ1v) is 6.90. The quantitative estimate of drug-likeness (QED) is 0.804. The van der Waals surface area contributed by atoms with Crippen molar-refractivity contribution in [2.75, 3.05) is 12.4 Å². The minimum Gasteiger partial charge on any atom is -0.494 e. The van der Waals surface area contributed by atoms with E-state index in [0.29, 0.717) is 5.69 Å². The van der Waals surface area contributed by atoms with Gasteiger partial charge in [-0.15, -0.1) is 0 Å². The van der Waals surface area contributed by atoms with E-state index in [1.165, 1.54) is 19.2 Å². The molecule has 1 amide bonds. The van der Waals surface area contributed by atoms with Crippen LogP contribution in [0.15, 0.2) is 61.2 Å². The average Bonchev–Trinajstić information content (AvgIpc) is 3.10. The molecule has 0 unspecified atom stereocenters. The summed E-state index contributed by atoms with van der Waals surface area (Å²) >= 11 is 0. The van der Waals surface area contributed by atoms with Gasteiger partial charge in [-0.1, -0.05) is 0 Å². The van der Waals surface area contributed by atoms with E-state index in [1.807, 2.05) is 22.9 Å². The number of carbonyl (C=O) groups is 1. The summed E-state index contributed by atoms with van der Waals surface area (Å²) < 4.78 is 20.3. The van der Waals surface area contributed by atoms with Gasteiger partial charge in [-0.05, 0) is 42.5 Å². The molecule has 0 fully saturated rings. The first kappa shape index (κ1) is 14.8. The maximum Gasteiger partial charge on any atom is 0.255 e. The highest BCUT2D eigenvalue weighted by Crippen LogP contribution is 2.19. The van der Waals surface area contributed by atoms with E-state index in [-0.39, 0.29) is 17.2 Å². The minimum absolute atomic E-state index is 0.103. The maximum absolute atomic E-state index is 13.6. The summed E-state index contributed by atoms with van der Waals surface area (Å²) in [6.45, 7) is 0. The fraction of sp³-hybridized carbons (Fsp3) is 0.0588. The van der Waals surface area contributed by atoms with Gasteiger partial charge in [0.2, 0.25) is 0 Å². The first-order chi connectivity index (χ1) is 11.2. The molecule has 116 valence electrons. The standard InChI is InChI=1S/C17H14FN3O2/c1-23-16-7-2-12(10-15(16)18)17(22)20-13-3-5-14(6-4-13)21-9-8-19-11-21/h2-11H,1H3,(H,20,22). The van der Waals surface area contributed by atoms with Gasteiger partial charge in [0.15, 0.2) is 11.6 Å². The number of methoxy groups -OCH3 is 1. The average molecular weight is 311 g/mol. The van der Waals surface area contributed by atoms with Crippen molar-refractivity contribution in [1.82, 2.24) is 9.55 Å². The molecule has 0 saturated carbocycles. The Kier molecular flexibility index (Phi) is 4.05. The number of anilines is 1. The number of rotatable bonds is 4. The molecule has 0 aliphatic heterocycles. The number of carbonyl (C=O) groups excluding carboxylic acids is 1. The van der Waals surface area contributed by atoms with Crippen molar-refractivity contribution in [2.45, 2.75) is 0 Å². The normalized spacial score (nSPS) is 10.3. The molecular formula is C17H14FN3O2. The molecule has 3 aromatic rings. The fourth-order valence-electron chi connectivity index (χ4n) is 2.14. The lowest BCUT2D eigenvalue weighted by Gasteiger charge is -2.08. The molecule has 0 aliphatic rings. The van der Waals surface area contributed by atoms with Crippen LogP contribution in [0.2, 0.25) is 0 Å². The molecule has 2 aromatic carbocycles. The monoisotopic (exact) mass is 311 g/mol. The third-order valence-electron chi connectivity index (χ3n) is 3.34. The largest absolute Gasteiger partial charge is 0.494 e. The second-order valence-electron chi connectivity index (χ2n) is 4.82. The topological polar surface area (TPSA) is 56.1 Å². The number of halogens is 1. The molecule has 0 spiro atoms. The molecule has 0 saturated heterocycles. The number of hydrogen-bond acceptors (Lipinski definition) is 3. The summed E-state index contributed by atoms with van der Waals surface area (Å²) in [6.07, 6.45) is 5.20. The number of imidazole rings is 1. The third kappa shape index (κ3) is 3.21. The zero-order chi connectivity index (χ0) is 16.2. The number of amides is 1. The summed E-state index contributed by atoms with van der Waals surface area (Å²) in [7, 11) is 1.37. The molecule has 0 radical (unpaired) electrons. The summed E-state index contributed by atoms with van der Waals surface area (Å²) in [5, 5.41) is 2.72. The Morgan fingerprint density at radius 1 is 1.22 bits per heavy atom. The number of benzene rings is 2. The lowest BCUT2D eigenvalue weighted by molar-refractivity contribution is 0.102. The van der Waals surface area contributed by atoms with Gasteiger partial charge in [-0.3, -0.25) is 4.79 Å². The van der Waals surface area contributed by atoms with Crippen molar-refractivity contribution in [3.05, 3.63) is 72.6 Å². The molecule has 23 heavy (non-hydrogen) atoms. The zero-order valence-corrected chi connectivity index (χ0v) is 12.4.